The summed E-state index contributed by atoms with van der Waals surface area (Å²) in [6, 6.07) is 8.07. The van der Waals surface area contributed by atoms with Crippen molar-refractivity contribution in [2.45, 2.75) is 12.8 Å². The second kappa shape index (κ2) is 8.24. The third-order valence-corrected chi connectivity index (χ3v) is 4.83. The number of methoxy groups -OCH3 is 1. The summed E-state index contributed by atoms with van der Waals surface area (Å²) in [5.41, 5.74) is 1.18. The van der Waals surface area contributed by atoms with Gasteiger partial charge in [0.2, 0.25) is 0 Å². The fourth-order valence-corrected chi connectivity index (χ4v) is 3.32. The number of carbonyl (C=O) groups excluding carboxylic acids is 1. The van der Waals surface area contributed by atoms with E-state index in [1.165, 1.54) is 5.69 Å². The predicted molar refractivity (Wildman–Crippen MR) is 93.6 cm³/mol. The maximum absolute atomic E-state index is 11.9. The average Bonchev–Trinajstić information content (AvgIpc) is 3.30. The predicted octanol–water partition coefficient (Wildman–Crippen LogP) is 1.86. The van der Waals surface area contributed by atoms with E-state index < -0.39 is 0 Å². The highest BCUT2D eigenvalue weighted by Crippen LogP contribution is 2.26. The molecule has 2 amide bonds. The second-order valence-corrected chi connectivity index (χ2v) is 6.62. The summed E-state index contributed by atoms with van der Waals surface area (Å²) in [5, 5.41) is 5.95. The quantitative estimate of drug-likeness (QED) is 0.834. The molecular formula is C18H27N3O3. The van der Waals surface area contributed by atoms with Crippen LogP contribution < -0.4 is 20.3 Å². The van der Waals surface area contributed by atoms with Gasteiger partial charge in [0.05, 0.1) is 13.7 Å². The van der Waals surface area contributed by atoms with Crippen LogP contribution in [0.25, 0.3) is 0 Å². The van der Waals surface area contributed by atoms with Gasteiger partial charge in [-0.1, -0.05) is 6.07 Å². The van der Waals surface area contributed by atoms with Gasteiger partial charge in [-0.05, 0) is 30.9 Å². The number of anilines is 1. The fraction of sp³-hybridized carbons (Fsp3) is 0.611. The minimum Gasteiger partial charge on any atom is -0.497 e. The van der Waals surface area contributed by atoms with Crippen LogP contribution >= 0.6 is 0 Å². The maximum atomic E-state index is 11.9. The average molecular weight is 333 g/mol. The van der Waals surface area contributed by atoms with E-state index in [4.69, 9.17) is 9.47 Å². The van der Waals surface area contributed by atoms with Crippen LogP contribution in [-0.2, 0) is 4.74 Å². The first-order chi connectivity index (χ1) is 11.7. The van der Waals surface area contributed by atoms with E-state index in [9.17, 15) is 4.79 Å². The van der Waals surface area contributed by atoms with Gasteiger partial charge in [0.25, 0.3) is 0 Å². The number of benzene rings is 1. The van der Waals surface area contributed by atoms with Crippen molar-refractivity contribution in [1.29, 1.82) is 0 Å². The van der Waals surface area contributed by atoms with Gasteiger partial charge in [-0.15, -0.1) is 0 Å². The molecule has 0 unspecified atom stereocenters. The van der Waals surface area contributed by atoms with Crippen LogP contribution in [0.4, 0.5) is 10.5 Å². The summed E-state index contributed by atoms with van der Waals surface area (Å²) in [4.78, 5) is 14.2. The summed E-state index contributed by atoms with van der Waals surface area (Å²) >= 11 is 0. The van der Waals surface area contributed by atoms with Crippen molar-refractivity contribution in [3.63, 3.8) is 0 Å². The Kier molecular flexibility index (Phi) is 5.80. The van der Waals surface area contributed by atoms with Crippen molar-refractivity contribution in [2.75, 3.05) is 51.4 Å². The fourth-order valence-electron chi connectivity index (χ4n) is 3.32. The zero-order valence-electron chi connectivity index (χ0n) is 14.3. The highest BCUT2D eigenvalue weighted by atomic mass is 16.5. The highest BCUT2D eigenvalue weighted by molar-refractivity contribution is 5.73. The van der Waals surface area contributed by atoms with E-state index in [1.807, 2.05) is 12.1 Å². The Labute approximate surface area is 143 Å². The maximum Gasteiger partial charge on any atom is 0.314 e. The Morgan fingerprint density at radius 1 is 1.29 bits per heavy atom. The summed E-state index contributed by atoms with van der Waals surface area (Å²) in [5.74, 6) is 1.83. The van der Waals surface area contributed by atoms with E-state index in [1.54, 1.807) is 7.11 Å². The second-order valence-electron chi connectivity index (χ2n) is 6.62. The third-order valence-electron chi connectivity index (χ3n) is 4.83. The van der Waals surface area contributed by atoms with Gasteiger partial charge >= 0.3 is 6.03 Å². The van der Waals surface area contributed by atoms with E-state index in [0.717, 1.165) is 44.9 Å². The molecule has 132 valence electrons. The standard InChI is InChI=1S/C18H27N3O3/c1-23-17-4-2-3-16(9-17)21-7-5-14(12-21)10-19-18(22)20-11-15-6-8-24-13-15/h2-4,9,14-15H,5-8,10-13H2,1H3,(H2,19,20,22)/t14-,15+/m1/s1. The van der Waals surface area contributed by atoms with E-state index in [2.05, 4.69) is 27.7 Å². The van der Waals surface area contributed by atoms with Gasteiger partial charge in [-0.2, -0.15) is 0 Å². The van der Waals surface area contributed by atoms with Gasteiger partial charge in [0.15, 0.2) is 0 Å². The zero-order chi connectivity index (χ0) is 16.8. The number of carbonyl (C=O) groups is 1. The zero-order valence-corrected chi connectivity index (χ0v) is 14.3. The lowest BCUT2D eigenvalue weighted by Crippen LogP contribution is -2.40. The molecular weight excluding hydrogens is 306 g/mol. The summed E-state index contributed by atoms with van der Waals surface area (Å²) in [6.45, 7) is 4.97. The largest absolute Gasteiger partial charge is 0.497 e. The van der Waals surface area contributed by atoms with Gasteiger partial charge in [0, 0.05) is 50.5 Å². The molecule has 6 nitrogen and oxygen atoms in total. The van der Waals surface area contributed by atoms with E-state index in [-0.39, 0.29) is 6.03 Å². The topological polar surface area (TPSA) is 62.8 Å². The summed E-state index contributed by atoms with van der Waals surface area (Å²) in [6.07, 6.45) is 2.13. The number of ether oxygens (including phenoxy) is 2. The molecule has 2 fully saturated rings. The van der Waals surface area contributed by atoms with Crippen molar-refractivity contribution in [3.05, 3.63) is 24.3 Å². The van der Waals surface area contributed by atoms with Crippen LogP contribution in [0, 0.1) is 11.8 Å². The SMILES string of the molecule is COc1cccc(N2CC[C@H](CNC(=O)NC[C@@H]3CCOC3)C2)c1. The van der Waals surface area contributed by atoms with Crippen LogP contribution in [0.5, 0.6) is 5.75 Å². The van der Waals surface area contributed by atoms with E-state index >= 15 is 0 Å². The molecule has 0 aromatic heterocycles. The first-order valence-electron chi connectivity index (χ1n) is 8.73. The minimum atomic E-state index is -0.0678. The molecule has 0 spiro atoms. The Morgan fingerprint density at radius 2 is 2.12 bits per heavy atom. The lowest BCUT2D eigenvalue weighted by atomic mass is 10.1. The van der Waals surface area contributed by atoms with Crippen molar-refractivity contribution >= 4 is 11.7 Å². The molecule has 2 N–H and O–H groups in total. The van der Waals surface area contributed by atoms with Crippen LogP contribution in [0.15, 0.2) is 24.3 Å². The molecule has 2 heterocycles. The number of hydrogen-bond acceptors (Lipinski definition) is 4. The molecule has 0 saturated carbocycles. The Hall–Kier alpha value is -1.95. The van der Waals surface area contributed by atoms with Gasteiger partial charge in [-0.25, -0.2) is 4.79 Å². The normalized spacial score (nSPS) is 23.3. The smallest absolute Gasteiger partial charge is 0.314 e. The van der Waals surface area contributed by atoms with Crippen LogP contribution in [0.3, 0.4) is 0 Å². The monoisotopic (exact) mass is 333 g/mol. The molecule has 6 heteroatoms. The Morgan fingerprint density at radius 3 is 2.88 bits per heavy atom. The summed E-state index contributed by atoms with van der Waals surface area (Å²) < 4.78 is 10.6. The van der Waals surface area contributed by atoms with Crippen molar-refractivity contribution < 1.29 is 14.3 Å². The summed E-state index contributed by atoms with van der Waals surface area (Å²) in [7, 11) is 1.69. The van der Waals surface area contributed by atoms with Gasteiger partial charge in [-0.3, -0.25) is 0 Å². The van der Waals surface area contributed by atoms with Gasteiger partial charge < -0.3 is 25.0 Å². The van der Waals surface area contributed by atoms with Crippen LogP contribution in [0.2, 0.25) is 0 Å². The number of urea groups is 1. The number of hydrogen-bond donors (Lipinski definition) is 2. The molecule has 3 rings (SSSR count). The Balaban J connectivity index is 1.38. The first-order valence-corrected chi connectivity index (χ1v) is 8.73. The molecule has 1 aromatic carbocycles. The third kappa shape index (κ3) is 4.54. The van der Waals surface area contributed by atoms with E-state index in [0.29, 0.717) is 24.9 Å². The molecule has 24 heavy (non-hydrogen) atoms. The Bertz CT molecular complexity index is 546. The number of rotatable bonds is 6. The molecule has 2 saturated heterocycles. The van der Waals surface area contributed by atoms with Crippen molar-refractivity contribution in [3.8, 4) is 5.75 Å². The minimum absolute atomic E-state index is 0.0678. The van der Waals surface area contributed by atoms with Gasteiger partial charge in [0.1, 0.15) is 5.75 Å². The lowest BCUT2D eigenvalue weighted by molar-refractivity contribution is 0.185. The molecule has 0 aliphatic carbocycles. The molecule has 2 aliphatic rings. The number of nitrogens with one attached hydrogen (secondary N) is 2. The molecule has 1 aromatic rings. The number of nitrogens with zero attached hydrogens (tertiary/aromatic N) is 1. The molecule has 0 radical (unpaired) electrons. The molecule has 2 aliphatic heterocycles. The van der Waals surface area contributed by atoms with Crippen molar-refractivity contribution in [1.82, 2.24) is 10.6 Å². The molecule has 0 bridgehead atoms. The first kappa shape index (κ1) is 16.9. The highest BCUT2D eigenvalue weighted by Gasteiger charge is 2.23. The number of amides is 2. The van der Waals surface area contributed by atoms with Crippen molar-refractivity contribution in [2.24, 2.45) is 11.8 Å². The lowest BCUT2D eigenvalue weighted by Gasteiger charge is -2.19. The van der Waals surface area contributed by atoms with Crippen LogP contribution in [0.1, 0.15) is 12.8 Å². The molecule has 2 atom stereocenters. The van der Waals surface area contributed by atoms with Crippen LogP contribution in [-0.4, -0.2) is 52.5 Å².